The average Bonchev–Trinajstić information content (AvgIpc) is 2.78. The number of hydrogen-bond acceptors (Lipinski definition) is 6. The van der Waals surface area contributed by atoms with Gasteiger partial charge in [-0.2, -0.15) is 0 Å². The molecule has 0 saturated carbocycles. The molecule has 8 heteroatoms. The topological polar surface area (TPSA) is 89.0 Å². The second-order valence-electron chi connectivity index (χ2n) is 7.40. The van der Waals surface area contributed by atoms with Crippen LogP contribution in [0.1, 0.15) is 52.2 Å². The van der Waals surface area contributed by atoms with Gasteiger partial charge in [-0.25, -0.2) is 9.59 Å². The lowest BCUT2D eigenvalue weighted by Gasteiger charge is -2.41. The quantitative estimate of drug-likeness (QED) is 0.691. The first-order chi connectivity index (χ1) is 14.8. The van der Waals surface area contributed by atoms with Crippen LogP contribution in [0.3, 0.4) is 0 Å². The fourth-order valence-electron chi connectivity index (χ4n) is 3.62. The number of methoxy groups -OCH3 is 1. The molecule has 2 aromatic rings. The van der Waals surface area contributed by atoms with Crippen molar-refractivity contribution in [3.8, 4) is 0 Å². The Morgan fingerprint density at radius 2 is 1.77 bits per heavy atom. The number of rotatable bonds is 4. The van der Waals surface area contributed by atoms with Gasteiger partial charge in [-0.15, -0.1) is 0 Å². The van der Waals surface area contributed by atoms with Crippen LogP contribution in [0.25, 0.3) is 0 Å². The molecular weight excluding hydrogens is 398 g/mol. The molecule has 1 aliphatic rings. The lowest BCUT2D eigenvalue weighted by molar-refractivity contribution is 0.0599. The molecule has 164 valence electrons. The number of fused-ring (bicyclic) bond motifs is 1. The Kier molecular flexibility index (Phi) is 6.58. The molecule has 31 heavy (non-hydrogen) atoms. The first-order valence-electron chi connectivity index (χ1n) is 10.3. The van der Waals surface area contributed by atoms with Crippen molar-refractivity contribution in [1.29, 1.82) is 0 Å². The molecule has 8 nitrogen and oxygen atoms in total. The highest BCUT2D eigenvalue weighted by Gasteiger charge is 2.38. The van der Waals surface area contributed by atoms with E-state index in [1.165, 1.54) is 25.4 Å². The Morgan fingerprint density at radius 3 is 2.32 bits per heavy atom. The predicted octanol–water partition coefficient (Wildman–Crippen LogP) is 3.89. The molecule has 1 aromatic carbocycles. The van der Waals surface area contributed by atoms with Gasteiger partial charge in [0.05, 0.1) is 36.7 Å². The van der Waals surface area contributed by atoms with Crippen molar-refractivity contribution in [2.24, 2.45) is 0 Å². The maximum Gasteiger partial charge on any atom is 0.414 e. The standard InChI is InChI=1S/C23H27N3O5/c1-6-17-13-25(21(27)18-9-8-16(12-24-18)22(28)30-5)19-10-14(3)15(4)11-20(19)26(17)23(29)31-7-2/h8-12,17H,6-7,13H2,1-5H3. The van der Waals surface area contributed by atoms with E-state index >= 15 is 0 Å². The van der Waals surface area contributed by atoms with Crippen molar-refractivity contribution < 1.29 is 23.9 Å². The third-order valence-corrected chi connectivity index (χ3v) is 5.48. The highest BCUT2D eigenvalue weighted by atomic mass is 16.6. The van der Waals surface area contributed by atoms with E-state index < -0.39 is 12.1 Å². The van der Waals surface area contributed by atoms with E-state index in [2.05, 4.69) is 9.72 Å². The summed E-state index contributed by atoms with van der Waals surface area (Å²) in [6.07, 6.45) is 1.54. The van der Waals surface area contributed by atoms with Gasteiger partial charge in [0.25, 0.3) is 5.91 Å². The lowest BCUT2D eigenvalue weighted by Crippen LogP contribution is -2.53. The van der Waals surface area contributed by atoms with Gasteiger partial charge in [-0.3, -0.25) is 14.7 Å². The maximum absolute atomic E-state index is 13.4. The molecule has 0 bridgehead atoms. The van der Waals surface area contributed by atoms with Gasteiger partial charge in [0.2, 0.25) is 0 Å². The van der Waals surface area contributed by atoms with Crippen LogP contribution in [-0.4, -0.2) is 49.3 Å². The van der Waals surface area contributed by atoms with Gasteiger partial charge in [-0.1, -0.05) is 6.92 Å². The molecule has 0 aliphatic carbocycles. The van der Waals surface area contributed by atoms with Gasteiger partial charge in [-0.05, 0) is 62.6 Å². The minimum absolute atomic E-state index is 0.205. The van der Waals surface area contributed by atoms with Crippen molar-refractivity contribution in [3.63, 3.8) is 0 Å². The number of aromatic nitrogens is 1. The molecule has 0 fully saturated rings. The van der Waals surface area contributed by atoms with Gasteiger partial charge in [0, 0.05) is 12.7 Å². The van der Waals surface area contributed by atoms with E-state index in [1.54, 1.807) is 16.7 Å². The summed E-state index contributed by atoms with van der Waals surface area (Å²) >= 11 is 0. The van der Waals surface area contributed by atoms with Gasteiger partial charge in [0.1, 0.15) is 5.69 Å². The van der Waals surface area contributed by atoms with Crippen molar-refractivity contribution in [3.05, 3.63) is 52.8 Å². The number of carbonyl (C=O) groups excluding carboxylic acids is 3. The third kappa shape index (κ3) is 4.23. The number of ether oxygens (including phenoxy) is 2. The van der Waals surface area contributed by atoms with Crippen molar-refractivity contribution in [2.45, 2.75) is 40.2 Å². The summed E-state index contributed by atoms with van der Waals surface area (Å²) in [6, 6.07) is 6.60. The zero-order valence-electron chi connectivity index (χ0n) is 18.5. The summed E-state index contributed by atoms with van der Waals surface area (Å²) in [4.78, 5) is 45.2. The monoisotopic (exact) mass is 425 g/mol. The minimum Gasteiger partial charge on any atom is -0.465 e. The largest absolute Gasteiger partial charge is 0.465 e. The molecule has 1 aliphatic heterocycles. The number of benzene rings is 1. The number of amides is 2. The van der Waals surface area contributed by atoms with Crippen LogP contribution < -0.4 is 9.80 Å². The van der Waals surface area contributed by atoms with E-state index in [4.69, 9.17) is 4.74 Å². The molecule has 2 heterocycles. The van der Waals surface area contributed by atoms with Gasteiger partial charge in [0.15, 0.2) is 0 Å². The Bertz CT molecular complexity index is 1000. The van der Waals surface area contributed by atoms with Crippen molar-refractivity contribution in [1.82, 2.24) is 4.98 Å². The zero-order chi connectivity index (χ0) is 22.7. The highest BCUT2D eigenvalue weighted by Crippen LogP contribution is 2.39. The van der Waals surface area contributed by atoms with E-state index in [9.17, 15) is 14.4 Å². The summed E-state index contributed by atoms with van der Waals surface area (Å²) in [7, 11) is 1.29. The summed E-state index contributed by atoms with van der Waals surface area (Å²) in [5.41, 5.74) is 3.76. The molecule has 0 saturated heterocycles. The van der Waals surface area contributed by atoms with E-state index in [1.807, 2.05) is 32.9 Å². The van der Waals surface area contributed by atoms with Crippen molar-refractivity contribution in [2.75, 3.05) is 30.1 Å². The normalized spacial score (nSPS) is 15.3. The summed E-state index contributed by atoms with van der Waals surface area (Å²) in [5.74, 6) is -0.820. The van der Waals surface area contributed by atoms with Crippen LogP contribution in [0.4, 0.5) is 16.2 Å². The maximum atomic E-state index is 13.4. The first-order valence-corrected chi connectivity index (χ1v) is 10.3. The van der Waals surface area contributed by atoms with E-state index in [-0.39, 0.29) is 29.8 Å². The number of hydrogen-bond donors (Lipinski definition) is 0. The number of carbonyl (C=O) groups is 3. The summed E-state index contributed by atoms with van der Waals surface area (Å²) < 4.78 is 9.98. The molecular formula is C23H27N3O5. The van der Waals surface area contributed by atoms with Crippen molar-refractivity contribution >= 4 is 29.3 Å². The molecule has 2 amide bonds. The number of aryl methyl sites for hydroxylation is 2. The average molecular weight is 425 g/mol. The Hall–Kier alpha value is -3.42. The van der Waals surface area contributed by atoms with Crippen LogP contribution in [-0.2, 0) is 9.47 Å². The smallest absolute Gasteiger partial charge is 0.414 e. The summed E-state index contributed by atoms with van der Waals surface area (Å²) in [5, 5.41) is 0. The van der Waals surface area contributed by atoms with E-state index in [0.717, 1.165) is 11.1 Å². The molecule has 1 unspecified atom stereocenters. The first kappa shape index (κ1) is 22.3. The second kappa shape index (κ2) is 9.16. The van der Waals surface area contributed by atoms with Gasteiger partial charge >= 0.3 is 12.1 Å². The Morgan fingerprint density at radius 1 is 1.10 bits per heavy atom. The van der Waals surface area contributed by atoms with Crippen LogP contribution in [0.15, 0.2) is 30.5 Å². The highest BCUT2D eigenvalue weighted by molar-refractivity contribution is 6.09. The second-order valence-corrected chi connectivity index (χ2v) is 7.40. The SMILES string of the molecule is CCOC(=O)N1c2cc(C)c(C)cc2N(C(=O)c2ccc(C(=O)OC)cn2)CC1CC. The molecule has 0 N–H and O–H groups in total. The van der Waals surface area contributed by atoms with Gasteiger partial charge < -0.3 is 14.4 Å². The van der Waals surface area contributed by atoms with Crippen LogP contribution >= 0.6 is 0 Å². The fourth-order valence-corrected chi connectivity index (χ4v) is 3.62. The Labute approximate surface area is 181 Å². The number of nitrogens with zero attached hydrogens (tertiary/aromatic N) is 3. The third-order valence-electron chi connectivity index (χ3n) is 5.48. The molecule has 1 aromatic heterocycles. The zero-order valence-corrected chi connectivity index (χ0v) is 18.5. The summed E-state index contributed by atoms with van der Waals surface area (Å²) in [6.45, 7) is 8.24. The predicted molar refractivity (Wildman–Crippen MR) is 117 cm³/mol. The molecule has 1 atom stereocenters. The lowest BCUT2D eigenvalue weighted by atomic mass is 10.00. The fraction of sp³-hybridized carbons (Fsp3) is 0.391. The molecule has 3 rings (SSSR count). The number of anilines is 2. The number of esters is 1. The van der Waals surface area contributed by atoms with Crippen LogP contribution in [0.2, 0.25) is 0 Å². The van der Waals surface area contributed by atoms with Crippen LogP contribution in [0.5, 0.6) is 0 Å². The minimum atomic E-state index is -0.517. The molecule has 0 radical (unpaired) electrons. The Balaban J connectivity index is 2.05. The van der Waals surface area contributed by atoms with Crippen LogP contribution in [0, 0.1) is 13.8 Å². The molecule has 0 spiro atoms. The van der Waals surface area contributed by atoms with E-state index in [0.29, 0.717) is 24.3 Å². The number of pyridine rings is 1.